The summed E-state index contributed by atoms with van der Waals surface area (Å²) >= 11 is 0. The maximum absolute atomic E-state index is 13.6. The lowest BCUT2D eigenvalue weighted by atomic mass is 10.1. The topological polar surface area (TPSA) is 46.9 Å². The van der Waals surface area contributed by atoms with Gasteiger partial charge in [0.1, 0.15) is 17.2 Å². The third kappa shape index (κ3) is 4.13. The Morgan fingerprint density at radius 3 is 2.37 bits per heavy atom. The average molecular weight is 381 g/mol. The summed E-state index contributed by atoms with van der Waals surface area (Å²) < 4.78 is 67.5. The summed E-state index contributed by atoms with van der Waals surface area (Å²) in [5.74, 6) is -3.08. The Kier molecular flexibility index (Phi) is 4.93. The van der Waals surface area contributed by atoms with Crippen LogP contribution >= 0.6 is 0 Å². The molecule has 1 heterocycles. The number of hydrogen-bond acceptors (Lipinski definition) is 2. The zero-order valence-corrected chi connectivity index (χ0v) is 13.6. The van der Waals surface area contributed by atoms with Gasteiger partial charge in [-0.15, -0.1) is 0 Å². The van der Waals surface area contributed by atoms with E-state index in [2.05, 4.69) is 10.4 Å². The number of anilines is 1. The van der Waals surface area contributed by atoms with Gasteiger partial charge in [-0.3, -0.25) is 9.48 Å². The van der Waals surface area contributed by atoms with Crippen molar-refractivity contribution in [3.63, 3.8) is 0 Å². The summed E-state index contributed by atoms with van der Waals surface area (Å²) in [7, 11) is 0. The van der Waals surface area contributed by atoms with E-state index in [1.807, 2.05) is 0 Å². The minimum atomic E-state index is -4.51. The molecule has 3 aromatic rings. The monoisotopic (exact) mass is 381 g/mol. The van der Waals surface area contributed by atoms with E-state index < -0.39 is 34.8 Å². The van der Waals surface area contributed by atoms with Crippen molar-refractivity contribution in [2.75, 3.05) is 5.32 Å². The average Bonchev–Trinajstić information content (AvgIpc) is 3.01. The predicted molar refractivity (Wildman–Crippen MR) is 87.1 cm³/mol. The first kappa shape index (κ1) is 18.6. The second-order valence-corrected chi connectivity index (χ2v) is 5.63. The van der Waals surface area contributed by atoms with Gasteiger partial charge in [-0.25, -0.2) is 8.78 Å². The number of amides is 1. The Hall–Kier alpha value is -3.23. The molecule has 2 aromatic carbocycles. The first-order valence-corrected chi connectivity index (χ1v) is 7.68. The molecule has 27 heavy (non-hydrogen) atoms. The smallest absolute Gasteiger partial charge is 0.319 e. The molecule has 1 amide bonds. The third-order valence-electron chi connectivity index (χ3n) is 3.74. The zero-order valence-electron chi connectivity index (χ0n) is 13.6. The van der Waals surface area contributed by atoms with Crippen molar-refractivity contribution in [1.29, 1.82) is 0 Å². The highest BCUT2D eigenvalue weighted by Crippen LogP contribution is 2.32. The molecule has 0 aliphatic heterocycles. The van der Waals surface area contributed by atoms with Crippen LogP contribution in [0.2, 0.25) is 0 Å². The Morgan fingerprint density at radius 2 is 1.70 bits per heavy atom. The van der Waals surface area contributed by atoms with Crippen molar-refractivity contribution in [1.82, 2.24) is 9.78 Å². The summed E-state index contributed by atoms with van der Waals surface area (Å²) in [6.45, 7) is -0.195. The Labute approximate surface area is 150 Å². The first-order valence-electron chi connectivity index (χ1n) is 7.68. The number of halogens is 5. The third-order valence-corrected chi connectivity index (χ3v) is 3.74. The number of carbonyl (C=O) groups is 1. The standard InChI is InChI=1S/C18H12F5N3O/c19-14-6-3-7-15(20)16(14)17(27)25-12-8-24-26(10-12)9-11-4-1-2-5-13(11)18(21,22)23/h1-8,10H,9H2,(H,25,27). The Balaban J connectivity index is 1.78. The summed E-state index contributed by atoms with van der Waals surface area (Å²) in [5.41, 5.74) is -1.47. The van der Waals surface area contributed by atoms with E-state index in [4.69, 9.17) is 0 Å². The highest BCUT2D eigenvalue weighted by molar-refractivity contribution is 6.04. The molecule has 9 heteroatoms. The fourth-order valence-electron chi connectivity index (χ4n) is 2.53. The molecule has 0 fully saturated rings. The van der Waals surface area contributed by atoms with Crippen LogP contribution < -0.4 is 5.32 Å². The van der Waals surface area contributed by atoms with Crippen LogP contribution in [0.15, 0.2) is 54.9 Å². The van der Waals surface area contributed by atoms with Crippen LogP contribution in [-0.2, 0) is 12.7 Å². The second-order valence-electron chi connectivity index (χ2n) is 5.63. The number of alkyl halides is 3. The fraction of sp³-hybridized carbons (Fsp3) is 0.111. The zero-order chi connectivity index (χ0) is 19.6. The van der Waals surface area contributed by atoms with Crippen molar-refractivity contribution in [3.05, 3.63) is 83.2 Å². The predicted octanol–water partition coefficient (Wildman–Crippen LogP) is 4.48. The van der Waals surface area contributed by atoms with Gasteiger partial charge in [0.15, 0.2) is 0 Å². The van der Waals surface area contributed by atoms with Crippen LogP contribution in [0, 0.1) is 11.6 Å². The summed E-state index contributed by atoms with van der Waals surface area (Å²) in [6, 6.07) is 8.03. The molecule has 0 unspecified atom stereocenters. The minimum absolute atomic E-state index is 0.00822. The summed E-state index contributed by atoms with van der Waals surface area (Å²) in [4.78, 5) is 12.0. The minimum Gasteiger partial charge on any atom is -0.319 e. The van der Waals surface area contributed by atoms with E-state index in [1.165, 1.54) is 35.3 Å². The molecule has 0 saturated carbocycles. The highest BCUT2D eigenvalue weighted by atomic mass is 19.4. The van der Waals surface area contributed by atoms with Gasteiger partial charge in [0, 0.05) is 6.20 Å². The number of carbonyl (C=O) groups excluding carboxylic acids is 1. The summed E-state index contributed by atoms with van der Waals surface area (Å²) in [6.07, 6.45) is -2.07. The van der Waals surface area contributed by atoms with Gasteiger partial charge >= 0.3 is 6.18 Å². The molecule has 3 rings (SSSR count). The van der Waals surface area contributed by atoms with E-state index >= 15 is 0 Å². The van der Waals surface area contributed by atoms with Crippen LogP contribution in [-0.4, -0.2) is 15.7 Å². The Morgan fingerprint density at radius 1 is 1.04 bits per heavy atom. The Bertz CT molecular complexity index is 961. The molecular weight excluding hydrogens is 369 g/mol. The van der Waals surface area contributed by atoms with E-state index in [9.17, 15) is 26.7 Å². The van der Waals surface area contributed by atoms with Gasteiger partial charge in [-0.1, -0.05) is 24.3 Å². The van der Waals surface area contributed by atoms with Gasteiger partial charge in [-0.05, 0) is 23.8 Å². The van der Waals surface area contributed by atoms with Gasteiger partial charge in [0.2, 0.25) is 0 Å². The SMILES string of the molecule is O=C(Nc1cnn(Cc2ccccc2C(F)(F)F)c1)c1c(F)cccc1F. The number of aromatic nitrogens is 2. The largest absolute Gasteiger partial charge is 0.416 e. The molecule has 0 saturated heterocycles. The van der Waals surface area contributed by atoms with Crippen molar-refractivity contribution < 1.29 is 26.7 Å². The van der Waals surface area contributed by atoms with Crippen molar-refractivity contribution in [2.24, 2.45) is 0 Å². The van der Waals surface area contributed by atoms with Crippen LogP contribution in [0.4, 0.5) is 27.6 Å². The number of rotatable bonds is 4. The molecular formula is C18H12F5N3O. The molecule has 0 aliphatic carbocycles. The maximum Gasteiger partial charge on any atom is 0.416 e. The summed E-state index contributed by atoms with van der Waals surface area (Å²) in [5, 5.41) is 6.14. The lowest BCUT2D eigenvalue weighted by molar-refractivity contribution is -0.138. The number of benzene rings is 2. The van der Waals surface area contributed by atoms with Gasteiger partial charge in [0.25, 0.3) is 5.91 Å². The first-order chi connectivity index (χ1) is 12.8. The van der Waals surface area contributed by atoms with Crippen molar-refractivity contribution in [3.8, 4) is 0 Å². The van der Waals surface area contributed by atoms with Crippen LogP contribution in [0.25, 0.3) is 0 Å². The second kappa shape index (κ2) is 7.18. The lowest BCUT2D eigenvalue weighted by Crippen LogP contribution is -2.15. The number of nitrogens with one attached hydrogen (secondary N) is 1. The van der Waals surface area contributed by atoms with Gasteiger partial charge < -0.3 is 5.32 Å². The molecule has 0 aliphatic rings. The quantitative estimate of drug-likeness (QED) is 0.678. The fourth-order valence-corrected chi connectivity index (χ4v) is 2.53. The number of hydrogen-bond donors (Lipinski definition) is 1. The van der Waals surface area contributed by atoms with Crippen LogP contribution in [0.1, 0.15) is 21.5 Å². The molecule has 0 radical (unpaired) electrons. The molecule has 1 aromatic heterocycles. The van der Waals surface area contributed by atoms with E-state index in [0.29, 0.717) is 0 Å². The van der Waals surface area contributed by atoms with E-state index in [-0.39, 0.29) is 17.8 Å². The molecule has 1 N–H and O–H groups in total. The highest BCUT2D eigenvalue weighted by Gasteiger charge is 2.32. The van der Waals surface area contributed by atoms with E-state index in [1.54, 1.807) is 0 Å². The van der Waals surface area contributed by atoms with Crippen molar-refractivity contribution >= 4 is 11.6 Å². The van der Waals surface area contributed by atoms with Gasteiger partial charge in [0.05, 0.1) is 24.0 Å². The molecule has 140 valence electrons. The normalized spacial score (nSPS) is 11.4. The van der Waals surface area contributed by atoms with Crippen LogP contribution in [0.5, 0.6) is 0 Å². The molecule has 0 bridgehead atoms. The lowest BCUT2D eigenvalue weighted by Gasteiger charge is -2.12. The van der Waals surface area contributed by atoms with Crippen LogP contribution in [0.3, 0.4) is 0 Å². The molecule has 4 nitrogen and oxygen atoms in total. The van der Waals surface area contributed by atoms with E-state index in [0.717, 1.165) is 24.3 Å². The maximum atomic E-state index is 13.6. The molecule has 0 spiro atoms. The van der Waals surface area contributed by atoms with Crippen molar-refractivity contribution in [2.45, 2.75) is 12.7 Å². The van der Waals surface area contributed by atoms with Gasteiger partial charge in [-0.2, -0.15) is 18.3 Å². The molecule has 0 atom stereocenters. The number of nitrogens with zero attached hydrogens (tertiary/aromatic N) is 2.